The number of piperidine rings is 1. The van der Waals surface area contributed by atoms with Gasteiger partial charge in [-0.2, -0.15) is 0 Å². The number of aromatic nitrogens is 1. The van der Waals surface area contributed by atoms with Crippen molar-refractivity contribution in [2.45, 2.75) is 18.9 Å². The van der Waals surface area contributed by atoms with E-state index in [0.29, 0.717) is 24.7 Å². The van der Waals surface area contributed by atoms with Gasteiger partial charge >= 0.3 is 6.03 Å². The lowest BCUT2D eigenvalue weighted by molar-refractivity contribution is 0.139. The van der Waals surface area contributed by atoms with Crippen LogP contribution in [0.2, 0.25) is 5.02 Å². The van der Waals surface area contributed by atoms with Gasteiger partial charge in [-0.25, -0.2) is 4.79 Å². The number of para-hydroxylation sites is 1. The zero-order valence-electron chi connectivity index (χ0n) is 17.6. The normalized spacial score (nSPS) is 19.6. The molecule has 32 heavy (non-hydrogen) atoms. The molecule has 1 N–H and O–H groups in total. The summed E-state index contributed by atoms with van der Waals surface area (Å²) in [5.74, 6) is 0.402. The molecule has 0 saturated carbocycles. The Hall–Kier alpha value is -3.31. The average Bonchev–Trinajstić information content (AvgIpc) is 2.80. The molecule has 5 nitrogen and oxygen atoms in total. The van der Waals surface area contributed by atoms with E-state index in [1.807, 2.05) is 76.2 Å². The van der Waals surface area contributed by atoms with Crippen LogP contribution in [0.4, 0.5) is 10.5 Å². The highest BCUT2D eigenvalue weighted by Gasteiger charge is 2.37. The van der Waals surface area contributed by atoms with Crippen molar-refractivity contribution in [1.29, 1.82) is 0 Å². The standard InChI is InChI=1S/C26H24ClN3O2/c27-22-11-7-18(8-12-22)6-9-20-10-13-24(31)30-16-19-14-21(25(20)30)17-29(15-19)26(32)28-23-4-2-1-3-5-23/h1-13,19,21H,14-17H2,(H,28,32)/b9-6+/t19-,21+/m0/s1. The fraction of sp³-hybridized carbons (Fsp3) is 0.231. The molecule has 2 aliphatic heterocycles. The number of amides is 2. The van der Waals surface area contributed by atoms with E-state index in [4.69, 9.17) is 11.6 Å². The van der Waals surface area contributed by atoms with Gasteiger partial charge in [-0.1, -0.05) is 54.1 Å². The predicted octanol–water partition coefficient (Wildman–Crippen LogP) is 5.32. The lowest BCUT2D eigenvalue weighted by Gasteiger charge is -2.43. The topological polar surface area (TPSA) is 54.3 Å². The van der Waals surface area contributed by atoms with Gasteiger partial charge in [-0.3, -0.25) is 4.79 Å². The smallest absolute Gasteiger partial charge is 0.321 e. The summed E-state index contributed by atoms with van der Waals surface area (Å²) < 4.78 is 1.91. The van der Waals surface area contributed by atoms with E-state index in [1.54, 1.807) is 6.07 Å². The van der Waals surface area contributed by atoms with Gasteiger partial charge in [0, 0.05) is 48.0 Å². The molecule has 1 saturated heterocycles. The number of anilines is 1. The van der Waals surface area contributed by atoms with Gasteiger partial charge in [0.15, 0.2) is 0 Å². The Kier molecular flexibility index (Phi) is 5.58. The monoisotopic (exact) mass is 445 g/mol. The SMILES string of the molecule is O=C(Nc1ccccc1)N1C[C@@H]2C[C@H](C1)c1c(/C=C/c3ccc(Cl)cc3)ccc(=O)n1C2. The number of halogens is 1. The molecule has 2 aromatic carbocycles. The van der Waals surface area contributed by atoms with Crippen molar-refractivity contribution < 1.29 is 4.79 Å². The van der Waals surface area contributed by atoms with Gasteiger partial charge in [-0.15, -0.1) is 0 Å². The van der Waals surface area contributed by atoms with Crippen molar-refractivity contribution in [2.24, 2.45) is 5.92 Å². The van der Waals surface area contributed by atoms with Crippen LogP contribution in [0.5, 0.6) is 0 Å². The first kappa shape index (κ1) is 20.6. The van der Waals surface area contributed by atoms with Gasteiger partial charge < -0.3 is 14.8 Å². The minimum atomic E-state index is -0.0871. The molecule has 0 aliphatic carbocycles. The molecule has 2 atom stereocenters. The van der Waals surface area contributed by atoms with Crippen molar-refractivity contribution in [3.05, 3.63) is 98.9 Å². The number of urea groups is 1. The number of fused-ring (bicyclic) bond motifs is 4. The molecule has 2 amide bonds. The second-order valence-electron chi connectivity index (χ2n) is 8.51. The Morgan fingerprint density at radius 3 is 2.50 bits per heavy atom. The number of rotatable bonds is 3. The van der Waals surface area contributed by atoms with E-state index >= 15 is 0 Å². The Morgan fingerprint density at radius 2 is 1.72 bits per heavy atom. The molecule has 5 rings (SSSR count). The third-order valence-corrected chi connectivity index (χ3v) is 6.51. The van der Waals surface area contributed by atoms with E-state index in [9.17, 15) is 9.59 Å². The van der Waals surface area contributed by atoms with Crippen LogP contribution in [0.1, 0.15) is 29.2 Å². The van der Waals surface area contributed by atoms with Gasteiger partial charge in [0.2, 0.25) is 0 Å². The minimum absolute atomic E-state index is 0.0283. The molecule has 2 bridgehead atoms. The number of likely N-dealkylation sites (tertiary alicyclic amines) is 1. The Labute approximate surface area is 191 Å². The zero-order valence-corrected chi connectivity index (χ0v) is 18.3. The quantitative estimate of drug-likeness (QED) is 0.593. The van der Waals surface area contributed by atoms with Crippen LogP contribution in [-0.2, 0) is 6.54 Å². The van der Waals surface area contributed by atoms with Crippen LogP contribution < -0.4 is 10.9 Å². The van der Waals surface area contributed by atoms with Crippen LogP contribution in [-0.4, -0.2) is 28.6 Å². The van der Waals surface area contributed by atoms with Crippen LogP contribution in [0, 0.1) is 5.92 Å². The lowest BCUT2D eigenvalue weighted by Crippen LogP contribution is -2.50. The number of nitrogens with one attached hydrogen (secondary N) is 1. The number of carbonyl (C=O) groups excluding carboxylic acids is 1. The molecule has 3 aromatic rings. The first-order valence-corrected chi connectivity index (χ1v) is 11.2. The molecular weight excluding hydrogens is 422 g/mol. The number of carbonyl (C=O) groups is 1. The van der Waals surface area contributed by atoms with Crippen molar-refractivity contribution >= 4 is 35.5 Å². The minimum Gasteiger partial charge on any atom is -0.324 e. The molecule has 3 heterocycles. The first-order valence-electron chi connectivity index (χ1n) is 10.9. The van der Waals surface area contributed by atoms with Gasteiger partial charge in [-0.05, 0) is 53.8 Å². The van der Waals surface area contributed by atoms with Crippen molar-refractivity contribution in [1.82, 2.24) is 9.47 Å². The molecule has 2 aliphatic rings. The van der Waals surface area contributed by atoms with Crippen LogP contribution in [0.25, 0.3) is 12.2 Å². The third-order valence-electron chi connectivity index (χ3n) is 6.26. The number of hydrogen-bond acceptors (Lipinski definition) is 2. The number of hydrogen-bond donors (Lipinski definition) is 1. The van der Waals surface area contributed by atoms with E-state index in [0.717, 1.165) is 28.9 Å². The fourth-order valence-corrected chi connectivity index (χ4v) is 4.96. The molecule has 1 fully saturated rings. The van der Waals surface area contributed by atoms with Gasteiger partial charge in [0.1, 0.15) is 0 Å². The lowest BCUT2D eigenvalue weighted by atomic mass is 9.81. The molecule has 0 spiro atoms. The molecule has 0 radical (unpaired) electrons. The van der Waals surface area contributed by atoms with Crippen molar-refractivity contribution in [2.75, 3.05) is 18.4 Å². The highest BCUT2D eigenvalue weighted by molar-refractivity contribution is 6.30. The maximum absolute atomic E-state index is 12.9. The predicted molar refractivity (Wildman–Crippen MR) is 129 cm³/mol. The average molecular weight is 446 g/mol. The maximum Gasteiger partial charge on any atom is 0.321 e. The van der Waals surface area contributed by atoms with Crippen LogP contribution >= 0.6 is 11.6 Å². The van der Waals surface area contributed by atoms with E-state index in [-0.39, 0.29) is 23.4 Å². The number of pyridine rings is 1. The summed E-state index contributed by atoms with van der Waals surface area (Å²) in [4.78, 5) is 27.5. The maximum atomic E-state index is 12.9. The first-order chi connectivity index (χ1) is 15.6. The summed E-state index contributed by atoms with van der Waals surface area (Å²) in [7, 11) is 0. The second kappa shape index (κ2) is 8.67. The molecule has 1 aromatic heterocycles. The fourth-order valence-electron chi connectivity index (χ4n) is 4.84. The summed E-state index contributed by atoms with van der Waals surface area (Å²) in [6, 6.07) is 20.6. The van der Waals surface area contributed by atoms with E-state index < -0.39 is 0 Å². The largest absolute Gasteiger partial charge is 0.324 e. The van der Waals surface area contributed by atoms with Crippen molar-refractivity contribution in [3.63, 3.8) is 0 Å². The third kappa shape index (κ3) is 4.21. The summed E-state index contributed by atoms with van der Waals surface area (Å²) in [5, 5.41) is 3.70. The second-order valence-corrected chi connectivity index (χ2v) is 8.94. The highest BCUT2D eigenvalue weighted by Crippen LogP contribution is 2.37. The van der Waals surface area contributed by atoms with E-state index in [2.05, 4.69) is 11.4 Å². The summed E-state index contributed by atoms with van der Waals surface area (Å²) in [6.07, 6.45) is 5.07. The van der Waals surface area contributed by atoms with Crippen LogP contribution in [0.3, 0.4) is 0 Å². The molecule has 162 valence electrons. The Bertz CT molecular complexity index is 1220. The highest BCUT2D eigenvalue weighted by atomic mass is 35.5. The molecular formula is C26H24ClN3O2. The Morgan fingerprint density at radius 1 is 0.938 bits per heavy atom. The molecule has 6 heteroatoms. The van der Waals surface area contributed by atoms with Gasteiger partial charge in [0.25, 0.3) is 5.56 Å². The Balaban J connectivity index is 1.42. The van der Waals surface area contributed by atoms with Gasteiger partial charge in [0.05, 0.1) is 0 Å². The van der Waals surface area contributed by atoms with E-state index in [1.165, 1.54) is 0 Å². The summed E-state index contributed by atoms with van der Waals surface area (Å²) in [5.41, 5.74) is 3.90. The summed E-state index contributed by atoms with van der Waals surface area (Å²) >= 11 is 5.99. The van der Waals surface area contributed by atoms with Crippen molar-refractivity contribution in [3.8, 4) is 0 Å². The van der Waals surface area contributed by atoms with Crippen LogP contribution in [0.15, 0.2) is 71.5 Å². The number of nitrogens with zero attached hydrogens (tertiary/aromatic N) is 2. The molecule has 0 unspecified atom stereocenters. The number of benzene rings is 2. The zero-order chi connectivity index (χ0) is 22.1. The summed E-state index contributed by atoms with van der Waals surface area (Å²) in [6.45, 7) is 1.90.